The van der Waals surface area contributed by atoms with Crippen molar-refractivity contribution in [1.82, 2.24) is 14.0 Å². The Labute approximate surface area is 102 Å². The van der Waals surface area contributed by atoms with Crippen LogP contribution in [0.3, 0.4) is 0 Å². The molecular formula is C11H19N3O2S. The Morgan fingerprint density at radius 1 is 1.47 bits per heavy atom. The van der Waals surface area contributed by atoms with Crippen molar-refractivity contribution in [1.29, 1.82) is 0 Å². The van der Waals surface area contributed by atoms with Gasteiger partial charge in [0, 0.05) is 32.0 Å². The third-order valence-electron chi connectivity index (χ3n) is 3.20. The highest BCUT2D eigenvalue weighted by Gasteiger charge is 2.25. The van der Waals surface area contributed by atoms with Crippen LogP contribution in [0.15, 0.2) is 18.5 Å². The molecule has 0 radical (unpaired) electrons. The molecule has 0 spiro atoms. The lowest BCUT2D eigenvalue weighted by atomic mass is 10.0. The van der Waals surface area contributed by atoms with Crippen LogP contribution in [0.5, 0.6) is 0 Å². The fraction of sp³-hybridized carbons (Fsp3) is 0.636. The number of hydrogen-bond acceptors (Lipinski definition) is 2. The van der Waals surface area contributed by atoms with Crippen LogP contribution in [0, 0.1) is 5.92 Å². The van der Waals surface area contributed by atoms with Gasteiger partial charge in [0.1, 0.15) is 0 Å². The molecular weight excluding hydrogens is 238 g/mol. The summed E-state index contributed by atoms with van der Waals surface area (Å²) in [6.07, 6.45) is 5.48. The summed E-state index contributed by atoms with van der Waals surface area (Å²) in [4.78, 5) is 2.90. The molecule has 5 nitrogen and oxygen atoms in total. The zero-order valence-electron chi connectivity index (χ0n) is 10.0. The average Bonchev–Trinajstić information content (AvgIpc) is 2.80. The molecule has 1 fully saturated rings. The second kappa shape index (κ2) is 5.20. The Bertz CT molecular complexity index is 433. The molecule has 2 N–H and O–H groups in total. The molecule has 0 aromatic carbocycles. The quantitative estimate of drug-likeness (QED) is 0.847. The molecule has 0 aliphatic carbocycles. The van der Waals surface area contributed by atoms with Crippen LogP contribution in [0.2, 0.25) is 0 Å². The molecule has 0 amide bonds. The van der Waals surface area contributed by atoms with Crippen LogP contribution in [0.1, 0.15) is 25.3 Å². The Kier molecular flexibility index (Phi) is 3.86. The van der Waals surface area contributed by atoms with E-state index in [2.05, 4.69) is 16.6 Å². The number of piperidine rings is 1. The van der Waals surface area contributed by atoms with Gasteiger partial charge in [0.05, 0.1) is 0 Å². The fourth-order valence-corrected chi connectivity index (χ4v) is 3.18. The van der Waals surface area contributed by atoms with Gasteiger partial charge in [-0.2, -0.15) is 17.4 Å². The first-order valence-corrected chi connectivity index (χ1v) is 7.38. The van der Waals surface area contributed by atoms with Crippen LogP contribution in [-0.4, -0.2) is 30.8 Å². The molecule has 1 aliphatic heterocycles. The van der Waals surface area contributed by atoms with Crippen molar-refractivity contribution in [3.05, 3.63) is 24.0 Å². The maximum absolute atomic E-state index is 12.0. The summed E-state index contributed by atoms with van der Waals surface area (Å²) in [6, 6.07) is 1.86. The van der Waals surface area contributed by atoms with Gasteiger partial charge in [-0.05, 0) is 30.4 Å². The van der Waals surface area contributed by atoms with E-state index >= 15 is 0 Å². The van der Waals surface area contributed by atoms with Crippen LogP contribution < -0.4 is 4.72 Å². The van der Waals surface area contributed by atoms with Gasteiger partial charge in [-0.25, -0.2) is 0 Å². The normalized spacial score (nSPS) is 19.6. The second-order valence-electron chi connectivity index (χ2n) is 4.63. The van der Waals surface area contributed by atoms with E-state index in [0.29, 0.717) is 25.6 Å². The lowest BCUT2D eigenvalue weighted by molar-refractivity contribution is 0.285. The summed E-state index contributed by atoms with van der Waals surface area (Å²) in [5.41, 5.74) is 0.943. The van der Waals surface area contributed by atoms with Crippen LogP contribution in [0.4, 0.5) is 0 Å². The number of nitrogens with zero attached hydrogens (tertiary/aromatic N) is 1. The summed E-state index contributed by atoms with van der Waals surface area (Å²) in [5.74, 6) is 0.631. The number of H-pyrrole nitrogens is 1. The molecule has 0 unspecified atom stereocenters. The van der Waals surface area contributed by atoms with Gasteiger partial charge < -0.3 is 4.98 Å². The van der Waals surface area contributed by atoms with E-state index in [-0.39, 0.29) is 0 Å². The highest BCUT2D eigenvalue weighted by Crippen LogP contribution is 2.18. The van der Waals surface area contributed by atoms with E-state index in [4.69, 9.17) is 0 Å². The topological polar surface area (TPSA) is 65.2 Å². The zero-order chi connectivity index (χ0) is 12.3. The van der Waals surface area contributed by atoms with Crippen LogP contribution in [-0.2, 0) is 16.8 Å². The van der Waals surface area contributed by atoms with Crippen molar-refractivity contribution in [2.75, 3.05) is 13.1 Å². The maximum atomic E-state index is 12.0. The van der Waals surface area contributed by atoms with E-state index in [9.17, 15) is 8.42 Å². The van der Waals surface area contributed by atoms with E-state index in [1.165, 1.54) is 0 Å². The fourth-order valence-electron chi connectivity index (χ4n) is 1.96. The van der Waals surface area contributed by atoms with Crippen molar-refractivity contribution in [3.63, 3.8) is 0 Å². The molecule has 1 aliphatic rings. The first-order valence-electron chi connectivity index (χ1n) is 5.94. The minimum Gasteiger partial charge on any atom is -0.367 e. The van der Waals surface area contributed by atoms with Gasteiger partial charge >= 0.3 is 0 Å². The van der Waals surface area contributed by atoms with Crippen molar-refractivity contribution in [2.45, 2.75) is 26.3 Å². The molecule has 0 atom stereocenters. The highest BCUT2D eigenvalue weighted by molar-refractivity contribution is 7.87. The van der Waals surface area contributed by atoms with Gasteiger partial charge in [-0.3, -0.25) is 0 Å². The van der Waals surface area contributed by atoms with E-state index in [1.54, 1.807) is 16.7 Å². The van der Waals surface area contributed by atoms with Crippen molar-refractivity contribution < 1.29 is 8.42 Å². The van der Waals surface area contributed by atoms with Gasteiger partial charge in [-0.15, -0.1) is 0 Å². The van der Waals surface area contributed by atoms with Gasteiger partial charge in [0.15, 0.2) is 0 Å². The predicted molar refractivity (Wildman–Crippen MR) is 66.5 cm³/mol. The first kappa shape index (κ1) is 12.6. The lowest BCUT2D eigenvalue weighted by Crippen LogP contribution is -2.44. The lowest BCUT2D eigenvalue weighted by Gasteiger charge is -2.29. The Morgan fingerprint density at radius 3 is 2.76 bits per heavy atom. The summed E-state index contributed by atoms with van der Waals surface area (Å²) in [7, 11) is -3.31. The summed E-state index contributed by atoms with van der Waals surface area (Å²) in [6.45, 7) is 3.77. The van der Waals surface area contributed by atoms with E-state index in [0.717, 1.165) is 18.4 Å². The smallest absolute Gasteiger partial charge is 0.279 e. The molecule has 0 bridgehead atoms. The molecule has 2 heterocycles. The van der Waals surface area contributed by atoms with Gasteiger partial charge in [0.2, 0.25) is 0 Å². The Balaban J connectivity index is 1.90. The monoisotopic (exact) mass is 257 g/mol. The number of rotatable bonds is 4. The number of hydrogen-bond donors (Lipinski definition) is 2. The zero-order valence-corrected chi connectivity index (χ0v) is 10.8. The van der Waals surface area contributed by atoms with Gasteiger partial charge in [0.25, 0.3) is 10.2 Å². The summed E-state index contributed by atoms with van der Waals surface area (Å²) >= 11 is 0. The molecule has 0 saturated carbocycles. The van der Waals surface area contributed by atoms with E-state index in [1.807, 2.05) is 6.07 Å². The highest BCUT2D eigenvalue weighted by atomic mass is 32.2. The molecule has 1 saturated heterocycles. The molecule has 2 rings (SSSR count). The molecule has 6 heteroatoms. The maximum Gasteiger partial charge on any atom is 0.279 e. The number of aromatic nitrogens is 1. The number of nitrogens with one attached hydrogen (secondary N) is 2. The Hall–Kier alpha value is -0.850. The molecule has 1 aromatic rings. The third kappa shape index (κ3) is 3.31. The van der Waals surface area contributed by atoms with Gasteiger partial charge in [-0.1, -0.05) is 6.92 Å². The van der Waals surface area contributed by atoms with Crippen LogP contribution >= 0.6 is 0 Å². The van der Waals surface area contributed by atoms with Crippen molar-refractivity contribution >= 4 is 10.2 Å². The Morgan fingerprint density at radius 2 is 2.18 bits per heavy atom. The van der Waals surface area contributed by atoms with Crippen LogP contribution in [0.25, 0.3) is 0 Å². The first-order chi connectivity index (χ1) is 8.08. The SMILES string of the molecule is CC1CCN(S(=O)(=O)NCc2cc[nH]c2)CC1. The van der Waals surface area contributed by atoms with Crippen molar-refractivity contribution in [3.8, 4) is 0 Å². The minimum atomic E-state index is -3.31. The molecule has 17 heavy (non-hydrogen) atoms. The summed E-state index contributed by atoms with van der Waals surface area (Å²) < 4.78 is 28.1. The molecule has 96 valence electrons. The second-order valence-corrected chi connectivity index (χ2v) is 6.38. The number of aromatic amines is 1. The third-order valence-corrected chi connectivity index (χ3v) is 4.76. The standard InChI is InChI=1S/C11H19N3O2S/c1-10-3-6-14(7-4-10)17(15,16)13-9-11-2-5-12-8-11/h2,5,8,10,12-13H,3-4,6-7,9H2,1H3. The molecule has 1 aromatic heterocycles. The minimum absolute atomic E-state index is 0.345. The predicted octanol–water partition coefficient (Wildman–Crippen LogP) is 1.08. The average molecular weight is 257 g/mol. The van der Waals surface area contributed by atoms with E-state index < -0.39 is 10.2 Å². The summed E-state index contributed by atoms with van der Waals surface area (Å²) in [5, 5.41) is 0. The largest absolute Gasteiger partial charge is 0.367 e. The van der Waals surface area contributed by atoms with Crippen molar-refractivity contribution in [2.24, 2.45) is 5.92 Å².